The van der Waals surface area contributed by atoms with E-state index < -0.39 is 35.1 Å². The van der Waals surface area contributed by atoms with E-state index in [1.54, 1.807) is 32.0 Å². The Morgan fingerprint density at radius 1 is 1.05 bits per heavy atom. The summed E-state index contributed by atoms with van der Waals surface area (Å²) >= 11 is 1.14. The van der Waals surface area contributed by atoms with Crippen molar-refractivity contribution in [2.75, 3.05) is 18.6 Å². The topological polar surface area (TPSA) is 89.0 Å². The number of carbonyl (C=O) groups is 2. The second kappa shape index (κ2) is 10.9. The highest BCUT2D eigenvalue weighted by Gasteiger charge is 2.46. The van der Waals surface area contributed by atoms with Crippen LogP contribution >= 0.6 is 11.3 Å². The van der Waals surface area contributed by atoms with E-state index in [-0.39, 0.29) is 16.1 Å². The van der Waals surface area contributed by atoms with Crippen molar-refractivity contribution in [2.45, 2.75) is 19.9 Å². The summed E-state index contributed by atoms with van der Waals surface area (Å²) in [5, 5.41) is 11.7. The van der Waals surface area contributed by atoms with E-state index in [9.17, 15) is 23.5 Å². The minimum Gasteiger partial charge on any atom is -0.503 e. The van der Waals surface area contributed by atoms with Gasteiger partial charge in [0.15, 0.2) is 28.9 Å². The summed E-state index contributed by atoms with van der Waals surface area (Å²) in [6.45, 7) is 3.77. The number of rotatable bonds is 8. The van der Waals surface area contributed by atoms with Gasteiger partial charge < -0.3 is 14.6 Å². The van der Waals surface area contributed by atoms with Crippen LogP contribution in [0.5, 0.6) is 11.5 Å². The maximum atomic E-state index is 14.3. The molecular weight excluding hydrogens is 538 g/mol. The van der Waals surface area contributed by atoms with E-state index in [1.165, 1.54) is 13.2 Å². The number of Topliss-reactive ketones (excluding diaryl/α,β-unsaturated/α-hetero) is 1. The number of aryl methyl sites for hydroxylation is 1. The molecule has 0 radical (unpaired) electrons. The first-order chi connectivity index (χ1) is 19.2. The molecule has 2 heterocycles. The summed E-state index contributed by atoms with van der Waals surface area (Å²) < 4.78 is 39.1. The van der Waals surface area contributed by atoms with Crippen molar-refractivity contribution in [3.05, 3.63) is 106 Å². The number of nitrogens with zero attached hydrogens (tertiary/aromatic N) is 2. The Labute approximate surface area is 232 Å². The van der Waals surface area contributed by atoms with Gasteiger partial charge in [-0.2, -0.15) is 0 Å². The standard InChI is InChI=1S/C30H24F2N2O5S/c1-4-39-23-14-18(10-13-22(23)38-3)25-24(27(36)30(37)34(25)19-11-12-20(31)21(32)15-19)26(35)28-16(2)33-29(40-28)17-8-6-5-7-9-17/h5-15,25,36H,4H2,1-3H3. The number of aromatic nitrogens is 1. The van der Waals surface area contributed by atoms with Crippen molar-refractivity contribution in [2.24, 2.45) is 0 Å². The molecule has 10 heteroatoms. The quantitative estimate of drug-likeness (QED) is 0.244. The second-order valence-corrected chi connectivity index (χ2v) is 9.91. The van der Waals surface area contributed by atoms with Crippen LogP contribution in [0, 0.1) is 18.6 Å². The number of amides is 1. The van der Waals surface area contributed by atoms with E-state index in [2.05, 4.69) is 4.98 Å². The van der Waals surface area contributed by atoms with E-state index in [0.717, 1.165) is 33.9 Å². The summed E-state index contributed by atoms with van der Waals surface area (Å²) in [7, 11) is 1.47. The molecule has 0 fully saturated rings. The van der Waals surface area contributed by atoms with Crippen molar-refractivity contribution >= 4 is 28.7 Å². The molecule has 0 saturated carbocycles. The van der Waals surface area contributed by atoms with E-state index in [4.69, 9.17) is 9.47 Å². The monoisotopic (exact) mass is 562 g/mol. The van der Waals surface area contributed by atoms with Crippen LogP contribution in [0.25, 0.3) is 10.6 Å². The van der Waals surface area contributed by atoms with Gasteiger partial charge in [0, 0.05) is 17.3 Å². The smallest absolute Gasteiger partial charge is 0.294 e. The molecule has 7 nitrogen and oxygen atoms in total. The number of hydrogen-bond acceptors (Lipinski definition) is 7. The van der Waals surface area contributed by atoms with Crippen LogP contribution in [0.15, 0.2) is 78.1 Å². The number of aliphatic hydroxyl groups excluding tert-OH is 1. The molecular formula is C30H24F2N2O5S. The average Bonchev–Trinajstić information content (AvgIpc) is 3.47. The van der Waals surface area contributed by atoms with Crippen LogP contribution in [0.1, 0.15) is 33.9 Å². The highest BCUT2D eigenvalue weighted by atomic mass is 32.1. The number of ketones is 1. The second-order valence-electron chi connectivity index (χ2n) is 8.91. The van der Waals surface area contributed by atoms with Gasteiger partial charge in [-0.3, -0.25) is 14.5 Å². The molecule has 1 unspecified atom stereocenters. The molecule has 1 atom stereocenters. The zero-order chi connectivity index (χ0) is 28.6. The van der Waals surface area contributed by atoms with Crippen LogP contribution in [0.4, 0.5) is 14.5 Å². The third kappa shape index (κ3) is 4.71. The van der Waals surface area contributed by atoms with Gasteiger partial charge in [-0.05, 0) is 43.7 Å². The van der Waals surface area contributed by atoms with Gasteiger partial charge in [0.25, 0.3) is 5.91 Å². The van der Waals surface area contributed by atoms with Crippen LogP contribution in [0.3, 0.4) is 0 Å². The lowest BCUT2D eigenvalue weighted by molar-refractivity contribution is -0.117. The highest BCUT2D eigenvalue weighted by molar-refractivity contribution is 7.17. The predicted octanol–water partition coefficient (Wildman–Crippen LogP) is 6.59. The van der Waals surface area contributed by atoms with Gasteiger partial charge in [-0.15, -0.1) is 11.3 Å². The molecule has 204 valence electrons. The maximum Gasteiger partial charge on any atom is 0.294 e. The van der Waals surface area contributed by atoms with E-state index in [0.29, 0.717) is 34.4 Å². The number of thiazole rings is 1. The molecule has 1 N–H and O–H groups in total. The third-order valence-corrected chi connectivity index (χ3v) is 7.67. The predicted molar refractivity (Wildman–Crippen MR) is 147 cm³/mol. The molecule has 0 bridgehead atoms. The molecule has 1 aromatic heterocycles. The van der Waals surface area contributed by atoms with Gasteiger partial charge in [-0.25, -0.2) is 13.8 Å². The number of anilines is 1. The summed E-state index contributed by atoms with van der Waals surface area (Å²) in [5.74, 6) is -3.84. The Hall–Kier alpha value is -4.57. The lowest BCUT2D eigenvalue weighted by Crippen LogP contribution is -2.31. The summed E-state index contributed by atoms with van der Waals surface area (Å²) in [6, 6.07) is 15.9. The van der Waals surface area contributed by atoms with Gasteiger partial charge in [0.05, 0.1) is 35.9 Å². The van der Waals surface area contributed by atoms with Gasteiger partial charge >= 0.3 is 0 Å². The number of carbonyl (C=O) groups excluding carboxylic acids is 2. The molecule has 0 aliphatic carbocycles. The van der Waals surface area contributed by atoms with Crippen molar-refractivity contribution in [1.29, 1.82) is 0 Å². The average molecular weight is 563 g/mol. The number of aliphatic hydroxyl groups is 1. The molecule has 40 heavy (non-hydrogen) atoms. The minimum absolute atomic E-state index is 0.0389. The fourth-order valence-corrected chi connectivity index (χ4v) is 5.64. The van der Waals surface area contributed by atoms with Crippen molar-refractivity contribution in [1.82, 2.24) is 4.98 Å². The molecule has 0 spiro atoms. The lowest BCUT2D eigenvalue weighted by atomic mass is 9.94. The molecule has 3 aromatic carbocycles. The Morgan fingerprint density at radius 3 is 2.48 bits per heavy atom. The number of halogens is 2. The van der Waals surface area contributed by atoms with Crippen LogP contribution < -0.4 is 14.4 Å². The Morgan fingerprint density at radius 2 is 1.80 bits per heavy atom. The van der Waals surface area contributed by atoms with Crippen molar-refractivity contribution in [3.8, 4) is 22.1 Å². The van der Waals surface area contributed by atoms with Gasteiger partial charge in [-0.1, -0.05) is 36.4 Å². The largest absolute Gasteiger partial charge is 0.503 e. The Bertz CT molecular complexity index is 1650. The zero-order valence-electron chi connectivity index (χ0n) is 21.8. The fourth-order valence-electron chi connectivity index (χ4n) is 4.62. The van der Waals surface area contributed by atoms with Crippen molar-refractivity contribution < 1.29 is 33.0 Å². The number of hydrogen-bond donors (Lipinski definition) is 1. The SMILES string of the molecule is CCOc1cc(C2C(C(=O)c3sc(-c4ccccc4)nc3C)=C(O)C(=O)N2c2ccc(F)c(F)c2)ccc1OC. The fraction of sp³-hybridized carbons (Fsp3) is 0.167. The first kappa shape index (κ1) is 27.0. The normalized spacial score (nSPS) is 15.1. The van der Waals surface area contributed by atoms with Crippen molar-refractivity contribution in [3.63, 3.8) is 0 Å². The lowest BCUT2D eigenvalue weighted by Gasteiger charge is -2.27. The first-order valence-electron chi connectivity index (χ1n) is 12.3. The van der Waals surface area contributed by atoms with Crippen LogP contribution in [-0.4, -0.2) is 35.5 Å². The molecule has 5 rings (SSSR count). The molecule has 0 saturated heterocycles. The summed E-state index contributed by atoms with van der Waals surface area (Å²) in [5.41, 5.74) is 1.38. The van der Waals surface area contributed by atoms with Gasteiger partial charge in [0.2, 0.25) is 5.78 Å². The first-order valence-corrected chi connectivity index (χ1v) is 13.2. The third-order valence-electron chi connectivity index (χ3n) is 6.46. The number of ether oxygens (including phenoxy) is 2. The molecule has 4 aromatic rings. The molecule has 1 amide bonds. The van der Waals surface area contributed by atoms with E-state index in [1.807, 2.05) is 30.3 Å². The number of methoxy groups -OCH3 is 1. The van der Waals surface area contributed by atoms with E-state index >= 15 is 0 Å². The minimum atomic E-state index is -1.18. The molecule has 1 aliphatic rings. The van der Waals surface area contributed by atoms with Crippen LogP contribution in [0.2, 0.25) is 0 Å². The Balaban J connectivity index is 1.67. The van der Waals surface area contributed by atoms with Crippen LogP contribution in [-0.2, 0) is 4.79 Å². The summed E-state index contributed by atoms with van der Waals surface area (Å²) in [4.78, 5) is 33.4. The zero-order valence-corrected chi connectivity index (χ0v) is 22.6. The van der Waals surface area contributed by atoms with Gasteiger partial charge in [0.1, 0.15) is 5.01 Å². The Kier molecular flexibility index (Phi) is 7.36. The molecule has 1 aliphatic heterocycles. The summed E-state index contributed by atoms with van der Waals surface area (Å²) in [6.07, 6.45) is 0. The number of benzene rings is 3. The highest BCUT2D eigenvalue weighted by Crippen LogP contribution is 2.45. The maximum absolute atomic E-state index is 14.3.